The smallest absolute Gasteiger partial charge is 0.151 e. The Bertz CT molecular complexity index is 793. The van der Waals surface area contributed by atoms with Gasteiger partial charge in [0.05, 0.1) is 15.6 Å². The zero-order valence-corrected chi connectivity index (χ0v) is 14.3. The number of benzene rings is 1. The molecule has 0 aliphatic rings. The van der Waals surface area contributed by atoms with Crippen LogP contribution in [-0.4, -0.2) is 5.16 Å². The van der Waals surface area contributed by atoms with Crippen LogP contribution in [0.15, 0.2) is 29.3 Å². The Kier molecular flexibility index (Phi) is 6.61. The largest absolute Gasteiger partial charge is 0.206 e. The summed E-state index contributed by atoms with van der Waals surface area (Å²) in [4.78, 5) is 5.58. The first kappa shape index (κ1) is 17.5. The molecule has 1 aromatic carbocycles. The van der Waals surface area contributed by atoms with Crippen molar-refractivity contribution in [3.05, 3.63) is 51.2 Å². The van der Waals surface area contributed by atoms with Gasteiger partial charge in [-0.3, -0.25) is 0 Å². The van der Waals surface area contributed by atoms with Gasteiger partial charge >= 0.3 is 0 Å². The van der Waals surface area contributed by atoms with Crippen molar-refractivity contribution in [2.24, 2.45) is 4.99 Å². The van der Waals surface area contributed by atoms with Gasteiger partial charge in [0.2, 0.25) is 0 Å². The molecule has 118 valence electrons. The van der Waals surface area contributed by atoms with Crippen LogP contribution in [0.3, 0.4) is 0 Å². The Hall–Kier alpha value is -1.86. The Morgan fingerprint density at radius 2 is 1.96 bits per heavy atom. The number of hydrogen-bond acceptors (Lipinski definition) is 3. The monoisotopic (exact) mass is 347 g/mol. The van der Waals surface area contributed by atoms with E-state index in [0.29, 0.717) is 0 Å². The van der Waals surface area contributed by atoms with E-state index in [2.05, 4.69) is 36.0 Å². The number of halogens is 2. The van der Waals surface area contributed by atoms with E-state index < -0.39 is 11.6 Å². The van der Waals surface area contributed by atoms with Gasteiger partial charge < -0.3 is 0 Å². The lowest BCUT2D eigenvalue weighted by molar-refractivity contribution is 0.599. The Morgan fingerprint density at radius 3 is 2.70 bits per heavy atom. The van der Waals surface area contributed by atoms with Crippen molar-refractivity contribution in [2.75, 3.05) is 0 Å². The standard InChI is InChI=1S/C18H15F2NS2/c1-2-3-4-5-14-8-9-15(23-14)7-6-13-10-17(20)18(21-12-22)11-16(13)19/h8-11H,2-5H2,1H3. The molecule has 0 amide bonds. The summed E-state index contributed by atoms with van der Waals surface area (Å²) in [6.07, 6.45) is 4.59. The molecule has 0 fully saturated rings. The molecule has 1 aromatic heterocycles. The summed E-state index contributed by atoms with van der Waals surface area (Å²) in [7, 11) is 0. The Balaban J connectivity index is 2.15. The second kappa shape index (κ2) is 8.69. The molecule has 23 heavy (non-hydrogen) atoms. The summed E-state index contributed by atoms with van der Waals surface area (Å²) >= 11 is 5.98. The fourth-order valence-electron chi connectivity index (χ4n) is 2.02. The minimum absolute atomic E-state index is 0.00625. The first-order valence-electron chi connectivity index (χ1n) is 7.31. The predicted molar refractivity (Wildman–Crippen MR) is 94.6 cm³/mol. The number of thiocarbonyl (C=S) groups is 1. The maximum atomic E-state index is 13.9. The minimum atomic E-state index is -0.667. The van der Waals surface area contributed by atoms with Crippen LogP contribution in [0.2, 0.25) is 0 Å². The Labute approximate surface area is 144 Å². The first-order chi connectivity index (χ1) is 11.1. The zero-order valence-electron chi connectivity index (χ0n) is 12.7. The minimum Gasteiger partial charge on any atom is -0.206 e. The number of thiophene rings is 1. The van der Waals surface area contributed by atoms with E-state index in [9.17, 15) is 8.78 Å². The molecular formula is C18H15F2NS2. The van der Waals surface area contributed by atoms with Gasteiger partial charge in [-0.15, -0.1) is 11.3 Å². The number of aliphatic imine (C=N–C) groups is 1. The summed E-state index contributed by atoms with van der Waals surface area (Å²) in [6, 6.07) is 5.96. The number of hydrogen-bond donors (Lipinski definition) is 0. The number of nitrogens with zero attached hydrogens (tertiary/aromatic N) is 1. The van der Waals surface area contributed by atoms with Crippen LogP contribution in [0.1, 0.15) is 41.5 Å². The first-order valence-corrected chi connectivity index (χ1v) is 8.54. The number of rotatable bonds is 5. The van der Waals surface area contributed by atoms with Crippen molar-refractivity contribution < 1.29 is 8.78 Å². The SMILES string of the molecule is CCCCCc1ccc(C#Cc2cc(F)c(N=C=S)cc2F)s1. The van der Waals surface area contributed by atoms with E-state index in [-0.39, 0.29) is 11.3 Å². The molecule has 0 spiro atoms. The van der Waals surface area contributed by atoms with Gasteiger partial charge in [-0.2, -0.15) is 4.99 Å². The molecule has 0 N–H and O–H groups in total. The molecule has 0 aliphatic carbocycles. The van der Waals surface area contributed by atoms with Crippen LogP contribution in [0, 0.1) is 23.5 Å². The number of isothiocyanates is 1. The summed E-state index contributed by atoms with van der Waals surface area (Å²) in [6.45, 7) is 2.17. The molecule has 0 atom stereocenters. The highest BCUT2D eigenvalue weighted by Crippen LogP contribution is 2.22. The lowest BCUT2D eigenvalue weighted by Crippen LogP contribution is -1.87. The van der Waals surface area contributed by atoms with Crippen LogP contribution >= 0.6 is 23.6 Å². The highest BCUT2D eigenvalue weighted by molar-refractivity contribution is 7.78. The second-order valence-electron chi connectivity index (χ2n) is 4.96. The van der Waals surface area contributed by atoms with Crippen molar-refractivity contribution >= 4 is 34.4 Å². The lowest BCUT2D eigenvalue weighted by Gasteiger charge is -1.98. The van der Waals surface area contributed by atoms with Gasteiger partial charge in [-0.05, 0) is 43.3 Å². The molecule has 0 radical (unpaired) electrons. The molecule has 2 aromatic rings. The molecule has 5 heteroatoms. The van der Waals surface area contributed by atoms with E-state index >= 15 is 0 Å². The second-order valence-corrected chi connectivity index (χ2v) is 6.31. The van der Waals surface area contributed by atoms with E-state index in [0.717, 1.165) is 29.9 Å². The quantitative estimate of drug-likeness (QED) is 0.284. The zero-order chi connectivity index (χ0) is 16.7. The van der Waals surface area contributed by atoms with Crippen molar-refractivity contribution in [3.63, 3.8) is 0 Å². The van der Waals surface area contributed by atoms with Crippen molar-refractivity contribution in [1.82, 2.24) is 0 Å². The van der Waals surface area contributed by atoms with Gasteiger partial charge in [0.15, 0.2) is 5.82 Å². The molecule has 0 aliphatic heterocycles. The summed E-state index contributed by atoms with van der Waals surface area (Å²) in [5.74, 6) is 4.27. The summed E-state index contributed by atoms with van der Waals surface area (Å²) < 4.78 is 27.6. The molecule has 0 bridgehead atoms. The van der Waals surface area contributed by atoms with Crippen molar-refractivity contribution in [2.45, 2.75) is 32.6 Å². The third-order valence-corrected chi connectivity index (χ3v) is 4.36. The third kappa shape index (κ3) is 5.07. The molecule has 0 saturated heterocycles. The third-order valence-electron chi connectivity index (χ3n) is 3.21. The van der Waals surface area contributed by atoms with E-state index in [4.69, 9.17) is 0 Å². The molecule has 0 unspecified atom stereocenters. The predicted octanol–water partition coefficient (Wildman–Crippen LogP) is 5.89. The highest BCUT2D eigenvalue weighted by atomic mass is 32.1. The van der Waals surface area contributed by atoms with E-state index in [1.54, 1.807) is 11.3 Å². The fourth-order valence-corrected chi connectivity index (χ4v) is 3.03. The van der Waals surface area contributed by atoms with Crippen molar-refractivity contribution in [3.8, 4) is 11.8 Å². The van der Waals surface area contributed by atoms with Gasteiger partial charge in [0.1, 0.15) is 11.5 Å². The van der Waals surface area contributed by atoms with Crippen LogP contribution in [0.4, 0.5) is 14.5 Å². The summed E-state index contributed by atoms with van der Waals surface area (Å²) in [5, 5.41) is 2.02. The number of aryl methyl sites for hydroxylation is 1. The van der Waals surface area contributed by atoms with E-state index in [1.165, 1.54) is 17.7 Å². The molecular weight excluding hydrogens is 332 g/mol. The van der Waals surface area contributed by atoms with Crippen LogP contribution < -0.4 is 0 Å². The Morgan fingerprint density at radius 1 is 1.13 bits per heavy atom. The summed E-state index contributed by atoms with van der Waals surface area (Å²) in [5.41, 5.74) is -0.163. The highest BCUT2D eigenvalue weighted by Gasteiger charge is 2.07. The number of unbranched alkanes of at least 4 members (excludes halogenated alkanes) is 2. The molecule has 1 nitrogen and oxygen atoms in total. The van der Waals surface area contributed by atoms with Gasteiger partial charge in [-0.1, -0.05) is 31.6 Å². The normalized spacial score (nSPS) is 9.87. The topological polar surface area (TPSA) is 12.4 Å². The molecule has 0 saturated carbocycles. The van der Waals surface area contributed by atoms with Gasteiger partial charge in [0, 0.05) is 10.9 Å². The van der Waals surface area contributed by atoms with Crippen LogP contribution in [0.5, 0.6) is 0 Å². The van der Waals surface area contributed by atoms with Gasteiger partial charge in [0.25, 0.3) is 0 Å². The maximum absolute atomic E-state index is 13.9. The van der Waals surface area contributed by atoms with Crippen molar-refractivity contribution in [1.29, 1.82) is 0 Å². The average Bonchev–Trinajstić information content (AvgIpc) is 2.98. The lowest BCUT2D eigenvalue weighted by atomic mass is 10.2. The maximum Gasteiger partial charge on any atom is 0.151 e. The van der Waals surface area contributed by atoms with E-state index in [1.807, 2.05) is 17.3 Å². The fraction of sp³-hybridized carbons (Fsp3) is 0.278. The molecule has 2 rings (SSSR count). The van der Waals surface area contributed by atoms with Crippen LogP contribution in [0.25, 0.3) is 0 Å². The van der Waals surface area contributed by atoms with Crippen LogP contribution in [-0.2, 0) is 6.42 Å². The van der Waals surface area contributed by atoms with Gasteiger partial charge in [-0.25, -0.2) is 8.78 Å². The average molecular weight is 347 g/mol. The molecule has 1 heterocycles.